The van der Waals surface area contributed by atoms with Crippen molar-refractivity contribution in [1.82, 2.24) is 0 Å². The van der Waals surface area contributed by atoms with Crippen molar-refractivity contribution in [2.75, 3.05) is 36.7 Å². The molecule has 11 nitrogen and oxygen atoms in total. The number of amides is 2. The Bertz CT molecular complexity index is 1310. The van der Waals surface area contributed by atoms with E-state index in [0.717, 1.165) is 24.1 Å². The van der Waals surface area contributed by atoms with Gasteiger partial charge >= 0.3 is 12.1 Å². The second-order valence-corrected chi connectivity index (χ2v) is 10.00. The minimum absolute atomic E-state index is 0.0471. The van der Waals surface area contributed by atoms with Gasteiger partial charge in [-0.3, -0.25) is 9.59 Å². The lowest BCUT2D eigenvalue weighted by atomic mass is 10.1. The van der Waals surface area contributed by atoms with Crippen molar-refractivity contribution in [3.63, 3.8) is 0 Å². The lowest BCUT2D eigenvalue weighted by Crippen LogP contribution is -2.55. The summed E-state index contributed by atoms with van der Waals surface area (Å²) in [6.45, 7) is 4.23. The zero-order valence-corrected chi connectivity index (χ0v) is 23.0. The van der Waals surface area contributed by atoms with E-state index in [9.17, 15) is 14.4 Å². The third-order valence-corrected chi connectivity index (χ3v) is 7.33. The first-order valence-corrected chi connectivity index (χ1v) is 13.7. The second kappa shape index (κ2) is 12.6. The summed E-state index contributed by atoms with van der Waals surface area (Å²) < 4.78 is 29.4. The maximum absolute atomic E-state index is 14.3. The van der Waals surface area contributed by atoms with Gasteiger partial charge in [-0.25, -0.2) is 9.69 Å². The summed E-state index contributed by atoms with van der Waals surface area (Å²) >= 11 is 0. The average molecular weight is 567 g/mol. The zero-order chi connectivity index (χ0) is 28.9. The molecule has 0 radical (unpaired) electrons. The van der Waals surface area contributed by atoms with Crippen LogP contribution in [0.15, 0.2) is 49.1 Å². The molecule has 3 heterocycles. The van der Waals surface area contributed by atoms with Gasteiger partial charge < -0.3 is 33.7 Å². The number of carbonyl (C=O) groups excluding carboxylic acids is 2. The number of hydrogen-bond acceptors (Lipinski definition) is 8. The largest absolute Gasteiger partial charge is 0.493 e. The van der Waals surface area contributed by atoms with Gasteiger partial charge in [0.1, 0.15) is 6.61 Å². The third kappa shape index (κ3) is 5.86. The summed E-state index contributed by atoms with van der Waals surface area (Å²) in [5.41, 5.74) is 2.12. The fourth-order valence-electron chi connectivity index (χ4n) is 5.47. The van der Waals surface area contributed by atoms with Crippen molar-refractivity contribution < 1.29 is 43.2 Å². The minimum Gasteiger partial charge on any atom is -0.493 e. The first-order chi connectivity index (χ1) is 19.9. The molecule has 1 N–H and O–H groups in total. The highest BCUT2D eigenvalue weighted by Gasteiger charge is 2.49. The SMILES string of the molecule is C=CCOC(=O)N1c2cc(OCCCC(=O)O)c(OC)cc2C(=O)N2c3ccccc3C[C@H]2[C@@H]1OC1CCCCO1. The number of carboxylic acids is 1. The van der Waals surface area contributed by atoms with Crippen LogP contribution in [-0.4, -0.2) is 68.6 Å². The molecule has 2 amide bonds. The topological polar surface area (TPSA) is 124 Å². The minimum atomic E-state index is -0.957. The molecule has 3 aliphatic heterocycles. The maximum Gasteiger partial charge on any atom is 0.416 e. The van der Waals surface area contributed by atoms with Crippen LogP contribution in [0, 0.1) is 0 Å². The predicted molar refractivity (Wildman–Crippen MR) is 149 cm³/mol. The molecule has 0 spiro atoms. The highest BCUT2D eigenvalue weighted by molar-refractivity contribution is 6.14. The first-order valence-electron chi connectivity index (χ1n) is 13.7. The summed E-state index contributed by atoms with van der Waals surface area (Å²) in [6, 6.07) is 10.1. The molecule has 11 heteroatoms. The highest BCUT2D eigenvalue weighted by Crippen LogP contribution is 2.45. The van der Waals surface area contributed by atoms with E-state index in [1.807, 2.05) is 24.3 Å². The molecular formula is C30H34N2O9. The van der Waals surface area contributed by atoms with E-state index in [1.165, 1.54) is 24.2 Å². The van der Waals surface area contributed by atoms with E-state index >= 15 is 0 Å². The van der Waals surface area contributed by atoms with E-state index in [4.69, 9.17) is 28.8 Å². The summed E-state index contributed by atoms with van der Waals surface area (Å²) in [5, 5.41) is 9.00. The lowest BCUT2D eigenvalue weighted by molar-refractivity contribution is -0.190. The van der Waals surface area contributed by atoms with Gasteiger partial charge in [-0.1, -0.05) is 30.9 Å². The number of methoxy groups -OCH3 is 1. The Morgan fingerprint density at radius 3 is 2.73 bits per heavy atom. The van der Waals surface area contributed by atoms with Crippen molar-refractivity contribution in [2.24, 2.45) is 0 Å². The van der Waals surface area contributed by atoms with Crippen LogP contribution < -0.4 is 19.3 Å². The molecule has 218 valence electrons. The molecular weight excluding hydrogens is 532 g/mol. The Morgan fingerprint density at radius 2 is 2.00 bits per heavy atom. The Labute approximate surface area is 238 Å². The van der Waals surface area contributed by atoms with Gasteiger partial charge in [0, 0.05) is 24.8 Å². The number of carboxylic acid groups (broad SMARTS) is 1. The third-order valence-electron chi connectivity index (χ3n) is 7.33. The number of carbonyl (C=O) groups is 3. The van der Waals surface area contributed by atoms with Crippen molar-refractivity contribution in [3.8, 4) is 11.5 Å². The molecule has 1 saturated heterocycles. The summed E-state index contributed by atoms with van der Waals surface area (Å²) in [5.74, 6) is -0.746. The Morgan fingerprint density at radius 1 is 1.17 bits per heavy atom. The number of rotatable bonds is 10. The van der Waals surface area contributed by atoms with Crippen LogP contribution in [0.5, 0.6) is 11.5 Å². The van der Waals surface area contributed by atoms with Gasteiger partial charge in [0.05, 0.1) is 31.0 Å². The molecule has 0 saturated carbocycles. The number of aliphatic carboxylic acids is 1. The Kier molecular flexibility index (Phi) is 8.75. The van der Waals surface area contributed by atoms with Crippen LogP contribution in [0.3, 0.4) is 0 Å². The number of fused-ring (bicyclic) bond motifs is 4. The van der Waals surface area contributed by atoms with E-state index in [1.54, 1.807) is 11.0 Å². The monoisotopic (exact) mass is 566 g/mol. The average Bonchev–Trinajstić information content (AvgIpc) is 3.33. The van der Waals surface area contributed by atoms with Gasteiger partial charge in [0.2, 0.25) is 0 Å². The molecule has 1 fully saturated rings. The van der Waals surface area contributed by atoms with Gasteiger partial charge in [-0.2, -0.15) is 0 Å². The van der Waals surface area contributed by atoms with Crippen molar-refractivity contribution in [3.05, 3.63) is 60.2 Å². The molecule has 2 aromatic carbocycles. The Balaban J connectivity index is 1.63. The van der Waals surface area contributed by atoms with E-state index in [2.05, 4.69) is 6.58 Å². The fraction of sp³-hybridized carbons (Fsp3) is 0.433. The lowest BCUT2D eigenvalue weighted by Gasteiger charge is -2.38. The van der Waals surface area contributed by atoms with Crippen LogP contribution in [-0.2, 0) is 25.4 Å². The number of ether oxygens (including phenoxy) is 5. The van der Waals surface area contributed by atoms with Crippen molar-refractivity contribution in [2.45, 2.75) is 57.1 Å². The molecule has 2 aromatic rings. The van der Waals surface area contributed by atoms with Crippen molar-refractivity contribution >= 4 is 29.3 Å². The van der Waals surface area contributed by atoms with Crippen LogP contribution in [0.2, 0.25) is 0 Å². The standard InChI is InChI=1S/C30H34N2O9/c1-3-13-40-30(36)32-22-18-25(38-15-8-11-26(33)34)24(37-2)17-20(22)28(35)31-21-10-5-4-9-19(21)16-23(31)29(32)41-27-12-6-7-14-39-27/h3-5,9-10,17-18,23,27,29H,1,6-8,11-16H2,2H3,(H,33,34)/t23-,27?,29-/m0/s1. The van der Waals surface area contributed by atoms with Crippen LogP contribution in [0.1, 0.15) is 48.0 Å². The summed E-state index contributed by atoms with van der Waals surface area (Å²) in [6.07, 6.45) is 2.33. The summed E-state index contributed by atoms with van der Waals surface area (Å²) in [4.78, 5) is 42.1. The number of nitrogens with zero attached hydrogens (tertiary/aromatic N) is 2. The van der Waals surface area contributed by atoms with Gasteiger partial charge in [0.15, 0.2) is 24.0 Å². The molecule has 3 atom stereocenters. The van der Waals surface area contributed by atoms with E-state index < -0.39 is 30.6 Å². The molecule has 1 unspecified atom stereocenters. The molecule has 0 aromatic heterocycles. The molecule has 41 heavy (non-hydrogen) atoms. The van der Waals surface area contributed by atoms with E-state index in [-0.39, 0.29) is 54.7 Å². The van der Waals surface area contributed by atoms with E-state index in [0.29, 0.717) is 19.4 Å². The van der Waals surface area contributed by atoms with Crippen LogP contribution >= 0.6 is 0 Å². The second-order valence-electron chi connectivity index (χ2n) is 10.00. The Hall–Kier alpha value is -4.09. The number of benzene rings is 2. The fourth-order valence-corrected chi connectivity index (χ4v) is 5.47. The van der Waals surface area contributed by atoms with Gasteiger partial charge in [-0.05, 0) is 49.8 Å². The normalized spacial score (nSPS) is 21.3. The smallest absolute Gasteiger partial charge is 0.416 e. The highest BCUT2D eigenvalue weighted by atomic mass is 16.7. The molecule has 0 aliphatic carbocycles. The molecule has 5 rings (SSSR count). The predicted octanol–water partition coefficient (Wildman–Crippen LogP) is 4.52. The first kappa shape index (κ1) is 28.4. The maximum atomic E-state index is 14.3. The number of anilines is 2. The quantitative estimate of drug-likeness (QED) is 0.326. The zero-order valence-electron chi connectivity index (χ0n) is 23.0. The van der Waals surface area contributed by atoms with Crippen LogP contribution in [0.25, 0.3) is 0 Å². The van der Waals surface area contributed by atoms with Crippen LogP contribution in [0.4, 0.5) is 16.2 Å². The number of para-hydroxylation sites is 1. The summed E-state index contributed by atoms with van der Waals surface area (Å²) in [7, 11) is 1.45. The molecule has 0 bridgehead atoms. The number of hydrogen-bond donors (Lipinski definition) is 1. The van der Waals surface area contributed by atoms with Gasteiger partial charge in [-0.15, -0.1) is 0 Å². The molecule has 3 aliphatic rings. The van der Waals surface area contributed by atoms with Gasteiger partial charge in [0.25, 0.3) is 5.91 Å². The van der Waals surface area contributed by atoms with Crippen molar-refractivity contribution in [1.29, 1.82) is 0 Å².